The first-order chi connectivity index (χ1) is 4.14. The van der Waals surface area contributed by atoms with E-state index in [1.165, 1.54) is 0 Å². The van der Waals surface area contributed by atoms with Crippen molar-refractivity contribution < 1.29 is 4.74 Å². The number of hydrogen-bond donors (Lipinski definition) is 1. The van der Waals surface area contributed by atoms with E-state index in [1.807, 2.05) is 0 Å². The summed E-state index contributed by atoms with van der Waals surface area (Å²) >= 11 is 0. The Morgan fingerprint density at radius 2 is 2.22 bits per heavy atom. The number of methoxy groups -OCH3 is 1. The number of rotatable bonds is 2. The highest BCUT2D eigenvalue weighted by Crippen LogP contribution is 2.45. The molecule has 0 saturated heterocycles. The van der Waals surface area contributed by atoms with Gasteiger partial charge in [0.1, 0.15) is 0 Å². The minimum absolute atomic E-state index is 0.0382. The zero-order valence-electron chi connectivity index (χ0n) is 6.35. The van der Waals surface area contributed by atoms with Gasteiger partial charge in [-0.3, -0.25) is 0 Å². The summed E-state index contributed by atoms with van der Waals surface area (Å²) in [6, 6.07) is 0. The first kappa shape index (κ1) is 7.03. The first-order valence-corrected chi connectivity index (χ1v) is 3.46. The highest BCUT2D eigenvalue weighted by Gasteiger charge is 2.58. The molecule has 0 aliphatic heterocycles. The normalized spacial score (nSPS) is 49.3. The van der Waals surface area contributed by atoms with Crippen LogP contribution in [-0.2, 0) is 4.74 Å². The van der Waals surface area contributed by atoms with Crippen LogP contribution in [-0.4, -0.2) is 18.8 Å². The smallest absolute Gasteiger partial charge is 0.0798 e. The van der Waals surface area contributed by atoms with Gasteiger partial charge >= 0.3 is 0 Å². The van der Waals surface area contributed by atoms with E-state index in [1.54, 1.807) is 7.11 Å². The van der Waals surface area contributed by atoms with Crippen LogP contribution < -0.4 is 5.73 Å². The lowest BCUT2D eigenvalue weighted by molar-refractivity contribution is 0.156. The van der Waals surface area contributed by atoms with Gasteiger partial charge in [-0.2, -0.15) is 0 Å². The second-order valence-electron chi connectivity index (χ2n) is 3.04. The average Bonchev–Trinajstić information content (AvgIpc) is 2.32. The summed E-state index contributed by atoms with van der Waals surface area (Å²) in [7, 11) is 1.73. The quantitative estimate of drug-likeness (QED) is 0.597. The number of hydrogen-bond acceptors (Lipinski definition) is 2. The van der Waals surface area contributed by atoms with E-state index in [9.17, 15) is 0 Å². The molecular weight excluding hydrogens is 114 g/mol. The summed E-state index contributed by atoms with van der Waals surface area (Å²) in [6.45, 7) is 4.20. The van der Waals surface area contributed by atoms with Crippen LogP contribution in [0.25, 0.3) is 0 Å². The SMILES string of the molecule is CCC1C(OC)C1(C)N. The fourth-order valence-corrected chi connectivity index (χ4v) is 1.65. The van der Waals surface area contributed by atoms with Crippen LogP contribution in [0, 0.1) is 5.92 Å². The molecule has 2 heteroatoms. The van der Waals surface area contributed by atoms with Gasteiger partial charge in [0, 0.05) is 18.6 Å². The van der Waals surface area contributed by atoms with Gasteiger partial charge in [0.2, 0.25) is 0 Å². The standard InChI is InChI=1S/C7H15NO/c1-4-5-6(9-3)7(5,2)8/h5-6H,4,8H2,1-3H3. The van der Waals surface area contributed by atoms with Crippen molar-refractivity contribution in [2.75, 3.05) is 7.11 Å². The van der Waals surface area contributed by atoms with E-state index >= 15 is 0 Å². The van der Waals surface area contributed by atoms with Gasteiger partial charge in [0.05, 0.1) is 6.10 Å². The molecule has 9 heavy (non-hydrogen) atoms. The maximum Gasteiger partial charge on any atom is 0.0798 e. The van der Waals surface area contributed by atoms with Crippen molar-refractivity contribution in [2.45, 2.75) is 31.9 Å². The molecule has 1 saturated carbocycles. The van der Waals surface area contributed by atoms with Gasteiger partial charge in [0.15, 0.2) is 0 Å². The number of nitrogens with two attached hydrogens (primary N) is 1. The van der Waals surface area contributed by atoms with Crippen molar-refractivity contribution in [1.29, 1.82) is 0 Å². The molecule has 0 aromatic heterocycles. The molecule has 3 atom stereocenters. The van der Waals surface area contributed by atoms with Crippen LogP contribution in [0.1, 0.15) is 20.3 Å². The minimum atomic E-state index is -0.0382. The highest BCUT2D eigenvalue weighted by atomic mass is 16.5. The minimum Gasteiger partial charge on any atom is -0.379 e. The number of ether oxygens (including phenoxy) is 1. The molecule has 0 spiro atoms. The van der Waals surface area contributed by atoms with Gasteiger partial charge in [-0.1, -0.05) is 6.92 Å². The second-order valence-corrected chi connectivity index (χ2v) is 3.04. The Kier molecular flexibility index (Phi) is 1.53. The third-order valence-electron chi connectivity index (χ3n) is 2.36. The van der Waals surface area contributed by atoms with E-state index < -0.39 is 0 Å². The summed E-state index contributed by atoms with van der Waals surface area (Å²) in [5.41, 5.74) is 5.81. The fraction of sp³-hybridized carbons (Fsp3) is 1.00. The van der Waals surface area contributed by atoms with Crippen molar-refractivity contribution in [3.63, 3.8) is 0 Å². The van der Waals surface area contributed by atoms with Gasteiger partial charge < -0.3 is 10.5 Å². The Labute approximate surface area is 56.4 Å². The van der Waals surface area contributed by atoms with Crippen LogP contribution in [0.4, 0.5) is 0 Å². The third-order valence-corrected chi connectivity index (χ3v) is 2.36. The zero-order chi connectivity index (χ0) is 7.07. The molecule has 0 amide bonds. The lowest BCUT2D eigenvalue weighted by atomic mass is 10.2. The summed E-state index contributed by atoms with van der Waals surface area (Å²) in [5.74, 6) is 0.586. The summed E-state index contributed by atoms with van der Waals surface area (Å²) < 4.78 is 5.15. The highest BCUT2D eigenvalue weighted by molar-refractivity contribution is 5.14. The van der Waals surface area contributed by atoms with Gasteiger partial charge in [0.25, 0.3) is 0 Å². The van der Waals surface area contributed by atoms with Crippen molar-refractivity contribution in [2.24, 2.45) is 11.7 Å². The van der Waals surface area contributed by atoms with Crippen molar-refractivity contribution in [3.8, 4) is 0 Å². The van der Waals surface area contributed by atoms with E-state index in [0.717, 1.165) is 6.42 Å². The summed E-state index contributed by atoms with van der Waals surface area (Å²) in [4.78, 5) is 0. The third kappa shape index (κ3) is 0.864. The Bertz CT molecular complexity index is 99.5. The Hall–Kier alpha value is -0.0800. The second kappa shape index (κ2) is 1.96. The molecule has 2 N–H and O–H groups in total. The van der Waals surface area contributed by atoms with Crippen LogP contribution in [0.3, 0.4) is 0 Å². The summed E-state index contributed by atoms with van der Waals surface area (Å²) in [5, 5.41) is 0. The topological polar surface area (TPSA) is 35.2 Å². The molecule has 1 rings (SSSR count). The van der Waals surface area contributed by atoms with Gasteiger partial charge in [-0.05, 0) is 13.3 Å². The first-order valence-electron chi connectivity index (χ1n) is 3.46. The molecular formula is C7H15NO. The monoisotopic (exact) mass is 129 g/mol. The molecule has 2 nitrogen and oxygen atoms in total. The van der Waals surface area contributed by atoms with Gasteiger partial charge in [-0.15, -0.1) is 0 Å². The van der Waals surface area contributed by atoms with Crippen molar-refractivity contribution >= 4 is 0 Å². The molecule has 1 aliphatic carbocycles. The summed E-state index contributed by atoms with van der Waals surface area (Å²) in [6.07, 6.45) is 1.44. The lowest BCUT2D eigenvalue weighted by Gasteiger charge is -1.98. The van der Waals surface area contributed by atoms with Crippen LogP contribution >= 0.6 is 0 Å². The Morgan fingerprint density at radius 3 is 2.33 bits per heavy atom. The molecule has 1 aliphatic rings. The molecule has 0 heterocycles. The predicted octanol–water partition coefficient (Wildman–Crippen LogP) is 0.759. The van der Waals surface area contributed by atoms with Crippen molar-refractivity contribution in [3.05, 3.63) is 0 Å². The fourth-order valence-electron chi connectivity index (χ4n) is 1.65. The van der Waals surface area contributed by atoms with Crippen LogP contribution in [0.5, 0.6) is 0 Å². The molecule has 3 unspecified atom stereocenters. The predicted molar refractivity (Wildman–Crippen MR) is 37.2 cm³/mol. The van der Waals surface area contributed by atoms with Crippen molar-refractivity contribution in [1.82, 2.24) is 0 Å². The molecule has 0 bridgehead atoms. The van der Waals surface area contributed by atoms with Crippen LogP contribution in [0.2, 0.25) is 0 Å². The van der Waals surface area contributed by atoms with E-state index in [0.29, 0.717) is 12.0 Å². The Morgan fingerprint density at radius 1 is 1.67 bits per heavy atom. The molecule has 0 radical (unpaired) electrons. The molecule has 1 fully saturated rings. The van der Waals surface area contributed by atoms with E-state index in [4.69, 9.17) is 10.5 Å². The van der Waals surface area contributed by atoms with E-state index in [2.05, 4.69) is 13.8 Å². The maximum absolute atomic E-state index is 5.85. The van der Waals surface area contributed by atoms with Crippen LogP contribution in [0.15, 0.2) is 0 Å². The van der Waals surface area contributed by atoms with Gasteiger partial charge in [-0.25, -0.2) is 0 Å². The molecule has 54 valence electrons. The molecule has 0 aromatic rings. The lowest BCUT2D eigenvalue weighted by Crippen LogP contribution is -2.23. The average molecular weight is 129 g/mol. The zero-order valence-corrected chi connectivity index (χ0v) is 6.35. The molecule has 0 aromatic carbocycles. The largest absolute Gasteiger partial charge is 0.379 e. The maximum atomic E-state index is 5.85. The van der Waals surface area contributed by atoms with E-state index in [-0.39, 0.29) is 5.54 Å². The Balaban J connectivity index is 2.45.